The zero-order valence-electron chi connectivity index (χ0n) is 16.6. The maximum atomic E-state index is 12.9. The van der Waals surface area contributed by atoms with E-state index in [2.05, 4.69) is 34.9 Å². The number of carbonyl (C=O) groups is 1. The summed E-state index contributed by atoms with van der Waals surface area (Å²) in [5, 5.41) is 6.63. The van der Waals surface area contributed by atoms with E-state index < -0.39 is 0 Å². The number of nitrogens with one attached hydrogen (secondary N) is 2. The van der Waals surface area contributed by atoms with E-state index in [1.54, 1.807) is 7.11 Å². The van der Waals surface area contributed by atoms with Crippen molar-refractivity contribution in [3.63, 3.8) is 0 Å². The van der Waals surface area contributed by atoms with Gasteiger partial charge < -0.3 is 19.8 Å². The zero-order chi connectivity index (χ0) is 19.7. The smallest absolute Gasteiger partial charge is 0.253 e. The second-order valence-corrected chi connectivity index (χ2v) is 7.27. The third-order valence-electron chi connectivity index (χ3n) is 5.54. The molecule has 0 bridgehead atoms. The normalized spacial score (nSPS) is 15.9. The van der Waals surface area contributed by atoms with E-state index in [9.17, 15) is 4.79 Å². The maximum absolute atomic E-state index is 12.9. The molecule has 6 nitrogen and oxygen atoms in total. The van der Waals surface area contributed by atoms with Gasteiger partial charge in [0.25, 0.3) is 5.91 Å². The number of imidazole rings is 1. The highest BCUT2D eigenvalue weighted by Crippen LogP contribution is 2.37. The van der Waals surface area contributed by atoms with Crippen molar-refractivity contribution in [3.8, 4) is 0 Å². The van der Waals surface area contributed by atoms with Crippen LogP contribution in [0, 0.1) is 13.8 Å². The van der Waals surface area contributed by atoms with Crippen molar-refractivity contribution in [3.05, 3.63) is 64.6 Å². The van der Waals surface area contributed by atoms with Crippen LogP contribution in [0.15, 0.2) is 36.5 Å². The molecule has 1 atom stereocenters. The van der Waals surface area contributed by atoms with Gasteiger partial charge in [-0.2, -0.15) is 0 Å². The molecule has 0 aliphatic carbocycles. The molecule has 3 heterocycles. The molecule has 1 unspecified atom stereocenters. The summed E-state index contributed by atoms with van der Waals surface area (Å²) in [6, 6.07) is 10.6. The van der Waals surface area contributed by atoms with E-state index >= 15 is 0 Å². The summed E-state index contributed by atoms with van der Waals surface area (Å²) in [7, 11) is 1.63. The van der Waals surface area contributed by atoms with Crippen molar-refractivity contribution >= 4 is 17.2 Å². The highest BCUT2D eigenvalue weighted by molar-refractivity contribution is 5.98. The Kier molecular flexibility index (Phi) is 5.05. The van der Waals surface area contributed by atoms with Crippen LogP contribution in [0.25, 0.3) is 5.65 Å². The van der Waals surface area contributed by atoms with E-state index in [1.165, 1.54) is 5.56 Å². The molecule has 146 valence electrons. The van der Waals surface area contributed by atoms with Crippen LogP contribution in [0.2, 0.25) is 0 Å². The standard InChI is InChI=1S/C22H26N4O2/c1-14-15(2)26-13-18(22(27)23-11-12-28-3)17-9-10-19(16-7-5-4-6-8-16)25-20(17)21(26)24-14/h4-8,13,19,25H,9-12H2,1-3H3,(H,23,27). The number of rotatable bonds is 5. The van der Waals surface area contributed by atoms with Gasteiger partial charge in [-0.05, 0) is 37.8 Å². The number of nitrogens with zero attached hydrogens (tertiary/aromatic N) is 2. The van der Waals surface area contributed by atoms with E-state index in [0.717, 1.165) is 41.1 Å². The fourth-order valence-electron chi connectivity index (χ4n) is 3.88. The Hall–Kier alpha value is -2.86. The highest BCUT2D eigenvalue weighted by Gasteiger charge is 2.27. The number of ether oxygens (including phenoxy) is 1. The molecule has 2 aromatic heterocycles. The summed E-state index contributed by atoms with van der Waals surface area (Å²) in [6.45, 7) is 5.02. The minimum absolute atomic E-state index is 0.0686. The van der Waals surface area contributed by atoms with Gasteiger partial charge in [0, 0.05) is 25.5 Å². The fraction of sp³-hybridized carbons (Fsp3) is 0.364. The van der Waals surface area contributed by atoms with Crippen molar-refractivity contribution < 1.29 is 9.53 Å². The molecule has 1 aliphatic rings. The quantitative estimate of drug-likeness (QED) is 0.668. The predicted octanol–water partition coefficient (Wildman–Crippen LogP) is 3.43. The molecule has 3 aromatic rings. The number of methoxy groups -OCH3 is 1. The van der Waals surface area contributed by atoms with Crippen LogP contribution in [0.4, 0.5) is 5.69 Å². The third-order valence-corrected chi connectivity index (χ3v) is 5.54. The Morgan fingerprint density at radius 2 is 2.11 bits per heavy atom. The van der Waals surface area contributed by atoms with Crippen molar-refractivity contribution in [1.29, 1.82) is 0 Å². The Labute approximate surface area is 164 Å². The predicted molar refractivity (Wildman–Crippen MR) is 110 cm³/mol. The molecule has 2 N–H and O–H groups in total. The second-order valence-electron chi connectivity index (χ2n) is 7.27. The monoisotopic (exact) mass is 378 g/mol. The van der Waals surface area contributed by atoms with Crippen LogP contribution in [0.5, 0.6) is 0 Å². The van der Waals surface area contributed by atoms with Crippen LogP contribution in [-0.4, -0.2) is 35.6 Å². The van der Waals surface area contributed by atoms with Crippen molar-refractivity contribution in [1.82, 2.24) is 14.7 Å². The van der Waals surface area contributed by atoms with Crippen LogP contribution in [0.1, 0.15) is 45.3 Å². The van der Waals surface area contributed by atoms with E-state index in [1.807, 2.05) is 30.5 Å². The first-order valence-corrected chi connectivity index (χ1v) is 9.70. The summed E-state index contributed by atoms with van der Waals surface area (Å²) < 4.78 is 7.08. The average molecular weight is 378 g/mol. The van der Waals surface area contributed by atoms with Gasteiger partial charge in [-0.15, -0.1) is 0 Å². The Morgan fingerprint density at radius 1 is 1.32 bits per heavy atom. The maximum Gasteiger partial charge on any atom is 0.253 e. The Morgan fingerprint density at radius 3 is 2.86 bits per heavy atom. The largest absolute Gasteiger partial charge is 0.383 e. The number of hydrogen-bond acceptors (Lipinski definition) is 4. The zero-order valence-corrected chi connectivity index (χ0v) is 16.6. The molecule has 28 heavy (non-hydrogen) atoms. The van der Waals surface area contributed by atoms with Gasteiger partial charge >= 0.3 is 0 Å². The number of anilines is 1. The number of amides is 1. The van der Waals surface area contributed by atoms with Gasteiger partial charge in [-0.25, -0.2) is 4.98 Å². The molecule has 1 aromatic carbocycles. The number of aromatic nitrogens is 2. The minimum Gasteiger partial charge on any atom is -0.383 e. The minimum atomic E-state index is -0.0686. The third kappa shape index (κ3) is 3.24. The van der Waals surface area contributed by atoms with Crippen molar-refractivity contribution in [2.75, 3.05) is 25.6 Å². The lowest BCUT2D eigenvalue weighted by atomic mass is 9.91. The summed E-state index contributed by atoms with van der Waals surface area (Å²) in [5.41, 5.74) is 6.88. The summed E-state index contributed by atoms with van der Waals surface area (Å²) >= 11 is 0. The lowest BCUT2D eigenvalue weighted by Gasteiger charge is -2.29. The highest BCUT2D eigenvalue weighted by atomic mass is 16.5. The van der Waals surface area contributed by atoms with Crippen molar-refractivity contribution in [2.45, 2.75) is 32.7 Å². The number of aryl methyl sites for hydroxylation is 2. The van der Waals surface area contributed by atoms with E-state index in [4.69, 9.17) is 9.72 Å². The van der Waals surface area contributed by atoms with Gasteiger partial charge in [-0.3, -0.25) is 4.79 Å². The summed E-state index contributed by atoms with van der Waals surface area (Å²) in [4.78, 5) is 17.7. The number of benzene rings is 1. The molecule has 0 saturated heterocycles. The molecule has 0 radical (unpaired) electrons. The molecular weight excluding hydrogens is 352 g/mol. The van der Waals surface area contributed by atoms with Gasteiger partial charge in [0.15, 0.2) is 5.65 Å². The van der Waals surface area contributed by atoms with E-state index in [0.29, 0.717) is 18.7 Å². The topological polar surface area (TPSA) is 67.7 Å². The van der Waals surface area contributed by atoms with Gasteiger partial charge in [-0.1, -0.05) is 30.3 Å². The first-order valence-electron chi connectivity index (χ1n) is 9.70. The van der Waals surface area contributed by atoms with Gasteiger partial charge in [0.1, 0.15) is 0 Å². The van der Waals surface area contributed by atoms with E-state index in [-0.39, 0.29) is 11.9 Å². The number of pyridine rings is 1. The Balaban J connectivity index is 1.78. The molecule has 6 heteroatoms. The number of carbonyl (C=O) groups excluding carboxylic acids is 1. The first-order chi connectivity index (χ1) is 13.6. The second kappa shape index (κ2) is 7.64. The molecule has 0 fully saturated rings. The SMILES string of the molecule is COCCNC(=O)c1cn2c(C)c(C)nc2c2c1CCC(c1ccccc1)N2. The lowest BCUT2D eigenvalue weighted by molar-refractivity contribution is 0.0935. The molecular formula is C22H26N4O2. The first kappa shape index (κ1) is 18.5. The Bertz CT molecular complexity index is 1010. The molecule has 0 spiro atoms. The van der Waals surface area contributed by atoms with Gasteiger partial charge in [0.05, 0.1) is 29.6 Å². The van der Waals surface area contributed by atoms with Crippen LogP contribution in [0.3, 0.4) is 0 Å². The fourth-order valence-corrected chi connectivity index (χ4v) is 3.88. The molecule has 1 amide bonds. The number of fused-ring (bicyclic) bond motifs is 3. The van der Waals surface area contributed by atoms with Crippen molar-refractivity contribution in [2.24, 2.45) is 0 Å². The summed E-state index contributed by atoms with van der Waals surface area (Å²) in [5.74, 6) is -0.0686. The molecule has 0 saturated carbocycles. The molecule has 4 rings (SSSR count). The van der Waals surface area contributed by atoms with Crippen LogP contribution < -0.4 is 10.6 Å². The molecule has 1 aliphatic heterocycles. The van der Waals surface area contributed by atoms with Crippen LogP contribution >= 0.6 is 0 Å². The van der Waals surface area contributed by atoms with Gasteiger partial charge in [0.2, 0.25) is 0 Å². The van der Waals surface area contributed by atoms with Crippen LogP contribution in [-0.2, 0) is 11.2 Å². The summed E-state index contributed by atoms with van der Waals surface area (Å²) in [6.07, 6.45) is 3.69. The number of hydrogen-bond donors (Lipinski definition) is 2. The lowest BCUT2D eigenvalue weighted by Crippen LogP contribution is -2.30. The average Bonchev–Trinajstić information content (AvgIpc) is 3.02.